The van der Waals surface area contributed by atoms with Gasteiger partial charge in [-0.2, -0.15) is 0 Å². The molecular weight excluding hydrogens is 741 g/mol. The van der Waals surface area contributed by atoms with Crippen molar-refractivity contribution in [2.24, 2.45) is 23.7 Å². The largest absolute Gasteiger partial charge is 0.444 e. The summed E-state index contributed by atoms with van der Waals surface area (Å²) in [4.78, 5) is 101. The number of rotatable bonds is 18. The lowest BCUT2D eigenvalue weighted by Crippen LogP contribution is -2.60. The Balaban J connectivity index is 1.85. The van der Waals surface area contributed by atoms with Gasteiger partial charge in [-0.25, -0.2) is 4.79 Å². The molecule has 324 valence electrons. The molecule has 6 amide bonds. The summed E-state index contributed by atoms with van der Waals surface area (Å²) in [5.41, 5.74) is -0.223. The SMILES string of the molecule is CCCC(NC(=O)C1[C@@H](C(C)C)CCN1C(=O)[C@H](C1CCCCC1)N(CCC(C)C)C(=O)OC(C)(C)C)C(=O)C(=O)NCC(=O)N[C@H](C(=O)N(C)C)c1ccccc1. The molecular formula is C44H70N6O8. The molecule has 1 aliphatic carbocycles. The number of ketones is 1. The molecule has 0 radical (unpaired) electrons. The van der Waals surface area contributed by atoms with E-state index in [0.717, 1.165) is 32.1 Å². The average Bonchev–Trinajstić information content (AvgIpc) is 3.62. The number of Topliss-reactive ketones (excluding diaryl/α,β-unsaturated/α-hetero) is 1. The first-order valence-electron chi connectivity index (χ1n) is 21.2. The highest BCUT2D eigenvalue weighted by Crippen LogP contribution is 2.36. The number of carbonyl (C=O) groups is 7. The third-order valence-corrected chi connectivity index (χ3v) is 11.1. The lowest BCUT2D eigenvalue weighted by atomic mass is 9.82. The summed E-state index contributed by atoms with van der Waals surface area (Å²) in [6.07, 6.45) is 5.75. The quantitative estimate of drug-likeness (QED) is 0.174. The molecule has 1 aliphatic heterocycles. The standard InChI is InChI=1S/C44H70N6O8/c1-11-18-33(38(52)40(54)45-27-34(51)47-35(41(55)48(9)10)30-19-14-12-15-20-30)46-39(53)37-32(29(4)5)24-26-49(37)42(56)36(31-21-16-13-17-22-31)50(25-23-28(2)3)43(57)58-44(6,7)8/h12,14-15,19-20,28-29,31-33,35-37H,11,13,16-18,21-27H2,1-10H3,(H,45,54)(H,46,53)(H,47,51)/t32-,33?,35+,36+,37?/m1/s1. The van der Waals surface area contributed by atoms with Crippen LogP contribution in [0.4, 0.5) is 4.79 Å². The molecule has 3 N–H and O–H groups in total. The van der Waals surface area contributed by atoms with Crippen molar-refractivity contribution in [3.63, 3.8) is 0 Å². The number of carbonyl (C=O) groups excluding carboxylic acids is 7. The van der Waals surface area contributed by atoms with Gasteiger partial charge >= 0.3 is 6.09 Å². The van der Waals surface area contributed by atoms with Crippen molar-refractivity contribution >= 4 is 41.4 Å². The average molecular weight is 811 g/mol. The molecule has 3 rings (SSSR count). The van der Waals surface area contributed by atoms with Crippen LogP contribution in [-0.4, -0.2) is 114 Å². The van der Waals surface area contributed by atoms with Gasteiger partial charge in [0, 0.05) is 27.2 Å². The molecule has 2 unspecified atom stereocenters. The minimum Gasteiger partial charge on any atom is -0.444 e. The van der Waals surface area contributed by atoms with E-state index in [1.165, 1.54) is 4.90 Å². The lowest BCUT2D eigenvalue weighted by molar-refractivity contribution is -0.147. The Kier molecular flexibility index (Phi) is 18.2. The van der Waals surface area contributed by atoms with Crippen LogP contribution < -0.4 is 16.0 Å². The van der Waals surface area contributed by atoms with Crippen LogP contribution in [0, 0.1) is 23.7 Å². The summed E-state index contributed by atoms with van der Waals surface area (Å²) in [6.45, 7) is 15.4. The maximum absolute atomic E-state index is 15.0. The number of amides is 6. The highest BCUT2D eigenvalue weighted by molar-refractivity contribution is 6.38. The molecule has 0 spiro atoms. The Morgan fingerprint density at radius 3 is 2.07 bits per heavy atom. The number of hydrogen-bond donors (Lipinski definition) is 3. The molecule has 2 aliphatic rings. The van der Waals surface area contributed by atoms with Crippen molar-refractivity contribution in [2.45, 2.75) is 143 Å². The van der Waals surface area contributed by atoms with Crippen molar-refractivity contribution in [3.05, 3.63) is 35.9 Å². The summed E-state index contributed by atoms with van der Waals surface area (Å²) in [5, 5.41) is 7.82. The van der Waals surface area contributed by atoms with E-state index in [-0.39, 0.29) is 41.9 Å². The predicted octanol–water partition coefficient (Wildman–Crippen LogP) is 5.01. The van der Waals surface area contributed by atoms with Crippen molar-refractivity contribution < 1.29 is 38.3 Å². The molecule has 58 heavy (non-hydrogen) atoms. The first kappa shape index (κ1) is 47.9. The number of nitrogens with one attached hydrogen (secondary N) is 3. The van der Waals surface area contributed by atoms with E-state index in [4.69, 9.17) is 4.74 Å². The van der Waals surface area contributed by atoms with Crippen LogP contribution in [0.1, 0.15) is 125 Å². The van der Waals surface area contributed by atoms with Crippen LogP contribution in [0.15, 0.2) is 30.3 Å². The van der Waals surface area contributed by atoms with Gasteiger partial charge in [0.25, 0.3) is 5.91 Å². The summed E-state index contributed by atoms with van der Waals surface area (Å²) in [7, 11) is 3.14. The fraction of sp³-hybridized carbons (Fsp3) is 0.705. The van der Waals surface area contributed by atoms with Crippen LogP contribution >= 0.6 is 0 Å². The van der Waals surface area contributed by atoms with Crippen LogP contribution in [-0.2, 0) is 33.5 Å². The molecule has 1 saturated heterocycles. The highest BCUT2D eigenvalue weighted by atomic mass is 16.6. The van der Waals surface area contributed by atoms with Crippen LogP contribution in [0.5, 0.6) is 0 Å². The monoisotopic (exact) mass is 811 g/mol. The van der Waals surface area contributed by atoms with E-state index in [2.05, 4.69) is 29.8 Å². The second-order valence-corrected chi connectivity index (χ2v) is 17.9. The Labute approximate surface area is 345 Å². The second kappa shape index (κ2) is 22.0. The van der Waals surface area contributed by atoms with E-state index in [9.17, 15) is 28.8 Å². The maximum Gasteiger partial charge on any atom is 0.410 e. The van der Waals surface area contributed by atoms with Crippen LogP contribution in [0.2, 0.25) is 0 Å². The predicted molar refractivity (Wildman–Crippen MR) is 222 cm³/mol. The number of ether oxygens (including phenoxy) is 1. The summed E-state index contributed by atoms with van der Waals surface area (Å²) >= 11 is 0. The van der Waals surface area contributed by atoms with E-state index in [0.29, 0.717) is 37.9 Å². The third-order valence-electron chi connectivity index (χ3n) is 11.1. The number of nitrogens with zero attached hydrogens (tertiary/aromatic N) is 3. The van der Waals surface area contributed by atoms with Crippen molar-refractivity contribution in [2.75, 3.05) is 33.7 Å². The first-order chi connectivity index (χ1) is 27.3. The maximum atomic E-state index is 15.0. The third kappa shape index (κ3) is 13.5. The minimum absolute atomic E-state index is 0.00538. The highest BCUT2D eigenvalue weighted by Gasteiger charge is 2.49. The van der Waals surface area contributed by atoms with Gasteiger partial charge in [0.1, 0.15) is 23.7 Å². The van der Waals surface area contributed by atoms with Gasteiger partial charge in [0.2, 0.25) is 29.4 Å². The van der Waals surface area contributed by atoms with Crippen molar-refractivity contribution in [3.8, 4) is 0 Å². The number of hydrogen-bond acceptors (Lipinski definition) is 8. The van der Waals surface area contributed by atoms with Gasteiger partial charge in [-0.05, 0) is 82.1 Å². The van der Waals surface area contributed by atoms with Gasteiger partial charge in [-0.1, -0.05) is 90.6 Å². The fourth-order valence-corrected chi connectivity index (χ4v) is 7.99. The van der Waals surface area contributed by atoms with Crippen molar-refractivity contribution in [1.82, 2.24) is 30.7 Å². The van der Waals surface area contributed by atoms with E-state index in [1.54, 1.807) is 75.0 Å². The molecule has 1 heterocycles. The zero-order chi connectivity index (χ0) is 43.3. The zero-order valence-corrected chi connectivity index (χ0v) is 36.6. The molecule has 14 heteroatoms. The van der Waals surface area contributed by atoms with Crippen molar-refractivity contribution in [1.29, 1.82) is 0 Å². The first-order valence-corrected chi connectivity index (χ1v) is 21.2. The van der Waals surface area contributed by atoms with Gasteiger partial charge in [0.15, 0.2) is 0 Å². The Hall–Kier alpha value is -4.49. The van der Waals surface area contributed by atoms with Gasteiger partial charge < -0.3 is 30.5 Å². The normalized spacial score (nSPS) is 18.9. The number of benzene rings is 1. The lowest BCUT2D eigenvalue weighted by Gasteiger charge is -2.41. The van der Waals surface area contributed by atoms with Crippen LogP contribution in [0.3, 0.4) is 0 Å². The topological polar surface area (TPSA) is 175 Å². The summed E-state index contributed by atoms with van der Waals surface area (Å²) < 4.78 is 5.89. The molecule has 14 nitrogen and oxygen atoms in total. The van der Waals surface area contributed by atoms with Crippen LogP contribution in [0.25, 0.3) is 0 Å². The molecule has 2 fully saturated rings. The Morgan fingerprint density at radius 2 is 1.52 bits per heavy atom. The molecule has 1 aromatic rings. The number of likely N-dealkylation sites (N-methyl/N-ethyl adjacent to an activating group) is 1. The molecule has 5 atom stereocenters. The molecule has 0 aromatic heterocycles. The molecule has 0 bridgehead atoms. The minimum atomic E-state index is -1.21. The Morgan fingerprint density at radius 1 is 0.879 bits per heavy atom. The van der Waals surface area contributed by atoms with E-state index in [1.807, 2.05) is 20.8 Å². The van der Waals surface area contributed by atoms with E-state index >= 15 is 4.79 Å². The fourth-order valence-electron chi connectivity index (χ4n) is 7.99. The van der Waals surface area contributed by atoms with Gasteiger partial charge in [-0.15, -0.1) is 0 Å². The van der Waals surface area contributed by atoms with Gasteiger partial charge in [0.05, 0.1) is 12.6 Å². The molecule has 1 saturated carbocycles. The Bertz CT molecular complexity index is 1570. The zero-order valence-electron chi connectivity index (χ0n) is 36.6. The van der Waals surface area contributed by atoms with E-state index < -0.39 is 65.9 Å². The summed E-state index contributed by atoms with van der Waals surface area (Å²) in [5.74, 6) is -3.94. The second-order valence-electron chi connectivity index (χ2n) is 17.9. The van der Waals surface area contributed by atoms with Gasteiger partial charge in [-0.3, -0.25) is 33.7 Å². The molecule has 1 aromatic carbocycles. The smallest absolute Gasteiger partial charge is 0.410 e. The number of likely N-dealkylation sites (tertiary alicyclic amines) is 1. The summed E-state index contributed by atoms with van der Waals surface area (Å²) in [6, 6.07) is 4.70.